The summed E-state index contributed by atoms with van der Waals surface area (Å²) in [5, 5.41) is 7.83. The van der Waals surface area contributed by atoms with E-state index >= 15 is 0 Å². The molecule has 1 N–H and O–H groups in total. The molecule has 1 aromatic carbocycles. The first kappa shape index (κ1) is 9.33. The van der Waals surface area contributed by atoms with Crippen LogP contribution in [0.2, 0.25) is 0 Å². The van der Waals surface area contributed by atoms with Gasteiger partial charge in [0.1, 0.15) is 0 Å². The highest BCUT2D eigenvalue weighted by molar-refractivity contribution is 5.39. The summed E-state index contributed by atoms with van der Waals surface area (Å²) >= 11 is 0. The van der Waals surface area contributed by atoms with Gasteiger partial charge in [0.15, 0.2) is 0 Å². The van der Waals surface area contributed by atoms with Crippen molar-refractivity contribution < 1.29 is 0 Å². The zero-order valence-electron chi connectivity index (χ0n) is 8.04. The molecular formula is C11H10N4. The Hall–Kier alpha value is -2.23. The first-order chi connectivity index (χ1) is 7.45. The Morgan fingerprint density at radius 1 is 1.00 bits per heavy atom. The van der Waals surface area contributed by atoms with Gasteiger partial charge < -0.3 is 0 Å². The van der Waals surface area contributed by atoms with Crippen molar-refractivity contribution >= 4 is 11.4 Å². The van der Waals surface area contributed by atoms with Crippen molar-refractivity contribution in [3.05, 3.63) is 54.9 Å². The van der Waals surface area contributed by atoms with Crippen LogP contribution in [0.4, 0.5) is 11.4 Å². The fraction of sp³-hybridized carbons (Fsp3) is 0. The molecule has 0 bridgehead atoms. The first-order valence-corrected chi connectivity index (χ1v) is 4.57. The summed E-state index contributed by atoms with van der Waals surface area (Å²) < 4.78 is 0. The van der Waals surface area contributed by atoms with Crippen LogP contribution in [0.3, 0.4) is 0 Å². The van der Waals surface area contributed by atoms with Gasteiger partial charge in [-0.2, -0.15) is 0 Å². The Balaban J connectivity index is 1.97. The average molecular weight is 198 g/mol. The maximum absolute atomic E-state index is 3.99. The molecule has 0 aliphatic carbocycles. The number of nitrogens with zero attached hydrogens (tertiary/aromatic N) is 3. The topological polar surface area (TPSA) is 49.6 Å². The molecule has 15 heavy (non-hydrogen) atoms. The largest absolute Gasteiger partial charge is 0.263 e. The molecule has 0 atom stereocenters. The molecule has 4 heteroatoms. The van der Waals surface area contributed by atoms with E-state index in [1.807, 2.05) is 42.5 Å². The van der Waals surface area contributed by atoms with Crippen LogP contribution in [0, 0.1) is 0 Å². The maximum Gasteiger partial charge on any atom is 0.0874 e. The van der Waals surface area contributed by atoms with Crippen LogP contribution in [0.5, 0.6) is 0 Å². The fourth-order valence-electron chi connectivity index (χ4n) is 1.06. The number of aromatic nitrogens is 1. The molecule has 0 aliphatic rings. The lowest BCUT2D eigenvalue weighted by molar-refractivity contribution is 1.12. The molecule has 0 unspecified atom stereocenters. The van der Waals surface area contributed by atoms with E-state index in [1.165, 1.54) is 0 Å². The summed E-state index contributed by atoms with van der Waals surface area (Å²) in [6.07, 6.45) is 3.39. The van der Waals surface area contributed by atoms with Gasteiger partial charge in [0.05, 0.1) is 17.6 Å². The van der Waals surface area contributed by atoms with Crippen molar-refractivity contribution in [3.63, 3.8) is 0 Å². The molecule has 4 nitrogen and oxygen atoms in total. The predicted octanol–water partition coefficient (Wildman–Crippen LogP) is 3.19. The highest BCUT2D eigenvalue weighted by Gasteiger charge is 1.87. The number of hydrogen-bond acceptors (Lipinski definition) is 3. The lowest BCUT2D eigenvalue weighted by Gasteiger charge is -1.96. The molecule has 0 aliphatic heterocycles. The molecule has 2 aromatic rings. The van der Waals surface area contributed by atoms with E-state index < -0.39 is 0 Å². The molecule has 1 heterocycles. The van der Waals surface area contributed by atoms with Crippen LogP contribution in [0.15, 0.2) is 65.2 Å². The van der Waals surface area contributed by atoms with Crippen molar-refractivity contribution in [3.8, 4) is 0 Å². The van der Waals surface area contributed by atoms with E-state index in [4.69, 9.17) is 0 Å². The SMILES string of the molecule is c1ccc(N=NNc2cccnc2)cc1. The Labute approximate surface area is 87.7 Å². The van der Waals surface area contributed by atoms with E-state index in [-0.39, 0.29) is 0 Å². The van der Waals surface area contributed by atoms with Crippen LogP contribution in [-0.4, -0.2) is 4.98 Å². The lowest BCUT2D eigenvalue weighted by Crippen LogP contribution is -1.85. The molecule has 0 saturated carbocycles. The van der Waals surface area contributed by atoms with E-state index in [9.17, 15) is 0 Å². The van der Waals surface area contributed by atoms with E-state index in [0.29, 0.717) is 0 Å². The number of benzene rings is 1. The van der Waals surface area contributed by atoms with Crippen LogP contribution in [0.1, 0.15) is 0 Å². The molecule has 2 rings (SSSR count). The van der Waals surface area contributed by atoms with Gasteiger partial charge in [0.2, 0.25) is 0 Å². The smallest absolute Gasteiger partial charge is 0.0874 e. The summed E-state index contributed by atoms with van der Waals surface area (Å²) in [4.78, 5) is 3.95. The molecule has 0 fully saturated rings. The Kier molecular flexibility index (Phi) is 3.02. The second-order valence-corrected chi connectivity index (χ2v) is 2.89. The van der Waals surface area contributed by atoms with Gasteiger partial charge >= 0.3 is 0 Å². The van der Waals surface area contributed by atoms with Crippen molar-refractivity contribution in [2.45, 2.75) is 0 Å². The normalized spacial score (nSPS) is 10.4. The van der Waals surface area contributed by atoms with Gasteiger partial charge in [0, 0.05) is 6.20 Å². The van der Waals surface area contributed by atoms with Crippen molar-refractivity contribution in [2.24, 2.45) is 10.3 Å². The third-order valence-corrected chi connectivity index (χ3v) is 1.76. The Morgan fingerprint density at radius 3 is 2.60 bits per heavy atom. The highest BCUT2D eigenvalue weighted by atomic mass is 15.4. The lowest BCUT2D eigenvalue weighted by atomic mass is 10.3. The fourth-order valence-corrected chi connectivity index (χ4v) is 1.06. The van der Waals surface area contributed by atoms with Gasteiger partial charge in [-0.15, -0.1) is 5.11 Å². The second kappa shape index (κ2) is 4.85. The summed E-state index contributed by atoms with van der Waals surface area (Å²) in [5.74, 6) is 0. The minimum atomic E-state index is 0.814. The maximum atomic E-state index is 3.99. The van der Waals surface area contributed by atoms with Gasteiger partial charge in [-0.05, 0) is 24.3 Å². The molecular weight excluding hydrogens is 188 g/mol. The summed E-state index contributed by atoms with van der Waals surface area (Å²) in [7, 11) is 0. The zero-order chi connectivity index (χ0) is 10.3. The number of rotatable bonds is 3. The van der Waals surface area contributed by atoms with Crippen LogP contribution >= 0.6 is 0 Å². The summed E-state index contributed by atoms with van der Waals surface area (Å²) in [6.45, 7) is 0. The molecule has 74 valence electrons. The van der Waals surface area contributed by atoms with Crippen LogP contribution < -0.4 is 5.43 Å². The van der Waals surface area contributed by atoms with E-state index in [2.05, 4.69) is 20.7 Å². The number of hydrogen-bond donors (Lipinski definition) is 1. The van der Waals surface area contributed by atoms with Gasteiger partial charge in [-0.25, -0.2) is 0 Å². The summed E-state index contributed by atoms with van der Waals surface area (Å²) in [5.41, 5.74) is 4.42. The minimum absolute atomic E-state index is 0.814. The molecule has 0 amide bonds. The highest BCUT2D eigenvalue weighted by Crippen LogP contribution is 2.10. The quantitative estimate of drug-likeness (QED) is 0.608. The second-order valence-electron chi connectivity index (χ2n) is 2.89. The van der Waals surface area contributed by atoms with E-state index in [0.717, 1.165) is 11.4 Å². The molecule has 0 radical (unpaired) electrons. The van der Waals surface area contributed by atoms with Gasteiger partial charge in [-0.3, -0.25) is 10.4 Å². The Morgan fingerprint density at radius 2 is 1.87 bits per heavy atom. The van der Waals surface area contributed by atoms with Crippen LogP contribution in [-0.2, 0) is 0 Å². The zero-order valence-corrected chi connectivity index (χ0v) is 8.04. The van der Waals surface area contributed by atoms with Crippen molar-refractivity contribution in [1.82, 2.24) is 4.98 Å². The molecule has 0 saturated heterocycles. The van der Waals surface area contributed by atoms with Gasteiger partial charge in [0.25, 0.3) is 0 Å². The monoisotopic (exact) mass is 198 g/mol. The van der Waals surface area contributed by atoms with E-state index in [1.54, 1.807) is 12.4 Å². The average Bonchev–Trinajstić information content (AvgIpc) is 2.32. The Bertz CT molecular complexity index is 425. The van der Waals surface area contributed by atoms with Crippen LogP contribution in [0.25, 0.3) is 0 Å². The third kappa shape index (κ3) is 2.87. The van der Waals surface area contributed by atoms with Gasteiger partial charge in [-0.1, -0.05) is 23.4 Å². The molecule has 0 spiro atoms. The predicted molar refractivity (Wildman–Crippen MR) is 58.8 cm³/mol. The van der Waals surface area contributed by atoms with Crippen molar-refractivity contribution in [2.75, 3.05) is 5.43 Å². The van der Waals surface area contributed by atoms with Crippen molar-refractivity contribution in [1.29, 1.82) is 0 Å². The number of anilines is 1. The third-order valence-electron chi connectivity index (χ3n) is 1.76. The number of nitrogens with one attached hydrogen (secondary N) is 1. The minimum Gasteiger partial charge on any atom is -0.263 e. The summed E-state index contributed by atoms with van der Waals surface area (Å²) in [6, 6.07) is 13.2. The standard InChI is InChI=1S/C11H10N4/c1-2-5-10(6-3-1)13-15-14-11-7-4-8-12-9-11/h1-9H,(H,13,14). The first-order valence-electron chi connectivity index (χ1n) is 4.57. The molecule has 1 aromatic heterocycles. The number of pyridine rings is 1.